The first-order valence-corrected chi connectivity index (χ1v) is 9.40. The summed E-state index contributed by atoms with van der Waals surface area (Å²) in [5.41, 5.74) is 1.22. The van der Waals surface area contributed by atoms with Crippen molar-refractivity contribution in [2.75, 3.05) is 6.54 Å². The molecule has 0 atom stereocenters. The first-order chi connectivity index (χ1) is 9.60. The van der Waals surface area contributed by atoms with Crippen LogP contribution in [-0.4, -0.2) is 6.54 Å². The third-order valence-electron chi connectivity index (χ3n) is 2.62. The highest BCUT2D eigenvalue weighted by molar-refractivity contribution is 9.11. The van der Waals surface area contributed by atoms with E-state index in [9.17, 15) is 0 Å². The van der Waals surface area contributed by atoms with Crippen molar-refractivity contribution in [3.63, 3.8) is 0 Å². The maximum Gasteiger partial charge on any atom is 0.148 e. The zero-order chi connectivity index (χ0) is 14.5. The van der Waals surface area contributed by atoms with Gasteiger partial charge >= 0.3 is 0 Å². The predicted molar refractivity (Wildman–Crippen MR) is 95.6 cm³/mol. The molecular weight excluding hydrogens is 470 g/mol. The Morgan fingerprint density at radius 1 is 1.15 bits per heavy atom. The fourth-order valence-electron chi connectivity index (χ4n) is 1.69. The van der Waals surface area contributed by atoms with Crippen molar-refractivity contribution in [2.45, 2.75) is 20.1 Å². The summed E-state index contributed by atoms with van der Waals surface area (Å²) in [7, 11) is 0. The zero-order valence-corrected chi connectivity index (χ0v) is 16.5. The summed E-state index contributed by atoms with van der Waals surface area (Å²) in [6, 6.07) is 6.26. The molecule has 0 saturated carbocycles. The van der Waals surface area contributed by atoms with Gasteiger partial charge < -0.3 is 10.1 Å². The van der Waals surface area contributed by atoms with Gasteiger partial charge in [0.1, 0.15) is 12.4 Å². The second kappa shape index (κ2) is 7.94. The van der Waals surface area contributed by atoms with Crippen LogP contribution in [0, 0.1) is 0 Å². The molecule has 0 bridgehead atoms. The molecule has 0 amide bonds. The summed E-state index contributed by atoms with van der Waals surface area (Å²) < 4.78 is 8.94. The van der Waals surface area contributed by atoms with Crippen molar-refractivity contribution in [1.82, 2.24) is 5.32 Å². The van der Waals surface area contributed by atoms with E-state index in [0.29, 0.717) is 6.61 Å². The number of ether oxygens (including phenoxy) is 1. The Hall–Kier alpha value is 0.120. The largest absolute Gasteiger partial charge is 0.486 e. The number of hydrogen-bond acceptors (Lipinski definition) is 3. The van der Waals surface area contributed by atoms with Crippen LogP contribution in [-0.2, 0) is 13.2 Å². The van der Waals surface area contributed by atoms with Crippen LogP contribution in [0.15, 0.2) is 37.0 Å². The normalized spacial score (nSPS) is 10.8. The Morgan fingerprint density at radius 2 is 1.85 bits per heavy atom. The van der Waals surface area contributed by atoms with Gasteiger partial charge in [0.2, 0.25) is 0 Å². The van der Waals surface area contributed by atoms with Crippen molar-refractivity contribution in [3.8, 4) is 5.75 Å². The van der Waals surface area contributed by atoms with Crippen molar-refractivity contribution in [2.24, 2.45) is 0 Å². The maximum atomic E-state index is 5.90. The first-order valence-electron chi connectivity index (χ1n) is 6.14. The van der Waals surface area contributed by atoms with Gasteiger partial charge in [-0.15, -0.1) is 11.3 Å². The van der Waals surface area contributed by atoms with Crippen LogP contribution < -0.4 is 10.1 Å². The van der Waals surface area contributed by atoms with Crippen molar-refractivity contribution < 1.29 is 4.74 Å². The monoisotopic (exact) mass is 481 g/mol. The molecule has 108 valence electrons. The van der Waals surface area contributed by atoms with E-state index in [4.69, 9.17) is 4.74 Å². The van der Waals surface area contributed by atoms with Gasteiger partial charge in [0.05, 0.1) is 8.95 Å². The van der Waals surface area contributed by atoms with E-state index in [1.165, 1.54) is 10.4 Å². The standard InChI is InChI=1S/C14H14Br3NOS/c1-2-18-6-9-3-12(16)14(13(17)4-9)19-7-11-5-10(15)8-20-11/h3-5,8,18H,2,6-7H2,1H3. The molecule has 2 rings (SSSR count). The van der Waals surface area contributed by atoms with Gasteiger partial charge in [-0.05, 0) is 78.1 Å². The smallest absolute Gasteiger partial charge is 0.148 e. The van der Waals surface area contributed by atoms with E-state index < -0.39 is 0 Å². The van der Waals surface area contributed by atoms with Gasteiger partial charge in [-0.2, -0.15) is 0 Å². The van der Waals surface area contributed by atoms with Gasteiger partial charge in [-0.1, -0.05) is 6.92 Å². The lowest BCUT2D eigenvalue weighted by molar-refractivity contribution is 0.305. The number of thiophene rings is 1. The molecule has 0 fully saturated rings. The number of rotatable bonds is 6. The van der Waals surface area contributed by atoms with Crippen LogP contribution in [0.2, 0.25) is 0 Å². The quantitative estimate of drug-likeness (QED) is 0.567. The summed E-state index contributed by atoms with van der Waals surface area (Å²) in [6.07, 6.45) is 0. The van der Waals surface area contributed by atoms with Gasteiger partial charge in [-0.3, -0.25) is 0 Å². The lowest BCUT2D eigenvalue weighted by atomic mass is 10.2. The van der Waals surface area contributed by atoms with Crippen LogP contribution in [0.5, 0.6) is 5.75 Å². The Labute approximate surface area is 148 Å². The topological polar surface area (TPSA) is 21.3 Å². The Balaban J connectivity index is 2.07. The van der Waals surface area contributed by atoms with Gasteiger partial charge in [-0.25, -0.2) is 0 Å². The van der Waals surface area contributed by atoms with Gasteiger partial charge in [0.25, 0.3) is 0 Å². The average molecular weight is 484 g/mol. The first kappa shape index (κ1) is 16.5. The lowest BCUT2D eigenvalue weighted by Gasteiger charge is -2.12. The molecule has 6 heteroatoms. The number of benzene rings is 1. The van der Waals surface area contributed by atoms with Crippen molar-refractivity contribution in [3.05, 3.63) is 47.4 Å². The highest BCUT2D eigenvalue weighted by Gasteiger charge is 2.10. The minimum absolute atomic E-state index is 0.569. The molecule has 0 unspecified atom stereocenters. The molecule has 0 aliphatic carbocycles. The molecule has 0 radical (unpaired) electrons. The van der Waals surface area contributed by atoms with E-state index in [2.05, 4.69) is 83.6 Å². The molecule has 2 nitrogen and oxygen atoms in total. The molecule has 1 N–H and O–H groups in total. The van der Waals surface area contributed by atoms with Crippen LogP contribution in [0.4, 0.5) is 0 Å². The number of halogens is 3. The molecule has 0 aliphatic rings. The summed E-state index contributed by atoms with van der Waals surface area (Å²) in [5.74, 6) is 0.842. The van der Waals surface area contributed by atoms with Crippen LogP contribution in [0.3, 0.4) is 0 Å². The number of hydrogen-bond donors (Lipinski definition) is 1. The van der Waals surface area contributed by atoms with Crippen LogP contribution in [0.1, 0.15) is 17.4 Å². The predicted octanol–water partition coefficient (Wildman–Crippen LogP) is 5.72. The van der Waals surface area contributed by atoms with E-state index >= 15 is 0 Å². The van der Waals surface area contributed by atoms with Crippen LogP contribution in [0.25, 0.3) is 0 Å². The Bertz CT molecular complexity index is 563. The molecule has 1 aromatic carbocycles. The summed E-state index contributed by atoms with van der Waals surface area (Å²) in [6.45, 7) is 4.48. The Kier molecular flexibility index (Phi) is 6.55. The fraction of sp³-hybridized carbons (Fsp3) is 0.286. The maximum absolute atomic E-state index is 5.90. The van der Waals surface area contributed by atoms with Crippen molar-refractivity contribution in [1.29, 1.82) is 0 Å². The molecular formula is C14H14Br3NOS. The Morgan fingerprint density at radius 3 is 2.40 bits per heavy atom. The summed E-state index contributed by atoms with van der Waals surface area (Å²) in [5, 5.41) is 5.37. The molecule has 1 aromatic heterocycles. The lowest BCUT2D eigenvalue weighted by Crippen LogP contribution is -2.11. The van der Waals surface area contributed by atoms with E-state index in [1.807, 2.05) is 0 Å². The molecule has 2 aromatic rings. The molecule has 0 saturated heterocycles. The van der Waals surface area contributed by atoms with E-state index in [0.717, 1.165) is 32.3 Å². The van der Waals surface area contributed by atoms with E-state index in [1.54, 1.807) is 11.3 Å². The van der Waals surface area contributed by atoms with Crippen molar-refractivity contribution >= 4 is 59.1 Å². The second-order valence-electron chi connectivity index (χ2n) is 4.19. The minimum atomic E-state index is 0.569. The highest BCUT2D eigenvalue weighted by atomic mass is 79.9. The number of nitrogens with one attached hydrogen (secondary N) is 1. The third-order valence-corrected chi connectivity index (χ3v) is 5.47. The van der Waals surface area contributed by atoms with E-state index in [-0.39, 0.29) is 0 Å². The fourth-order valence-corrected chi connectivity index (χ4v) is 4.57. The molecule has 0 spiro atoms. The van der Waals surface area contributed by atoms with Crippen LogP contribution >= 0.6 is 59.1 Å². The summed E-state index contributed by atoms with van der Waals surface area (Å²) in [4.78, 5) is 1.19. The third kappa shape index (κ3) is 4.56. The van der Waals surface area contributed by atoms with Gasteiger partial charge in [0.15, 0.2) is 0 Å². The SMILES string of the molecule is CCNCc1cc(Br)c(OCc2cc(Br)cs2)c(Br)c1. The average Bonchev–Trinajstić information content (AvgIpc) is 2.81. The second-order valence-corrected chi connectivity index (χ2v) is 7.81. The minimum Gasteiger partial charge on any atom is -0.486 e. The highest BCUT2D eigenvalue weighted by Crippen LogP contribution is 2.35. The summed E-state index contributed by atoms with van der Waals surface area (Å²) >= 11 is 12.3. The molecule has 0 aliphatic heterocycles. The molecule has 1 heterocycles. The molecule has 20 heavy (non-hydrogen) atoms. The zero-order valence-electron chi connectivity index (χ0n) is 10.9. The van der Waals surface area contributed by atoms with Gasteiger partial charge in [0, 0.05) is 21.3 Å².